The minimum Gasteiger partial charge on any atom is -0.458 e. The van der Waals surface area contributed by atoms with Crippen LogP contribution in [0.2, 0.25) is 5.02 Å². The van der Waals surface area contributed by atoms with Crippen molar-refractivity contribution in [3.63, 3.8) is 0 Å². The van der Waals surface area contributed by atoms with Crippen molar-refractivity contribution < 1.29 is 9.53 Å². The molecule has 1 N–H and O–H groups in total. The Morgan fingerprint density at radius 3 is 2.76 bits per heavy atom. The molecule has 1 aromatic carbocycles. The molecule has 1 aromatic heterocycles. The number of aromatic amines is 1. The highest BCUT2D eigenvalue weighted by molar-refractivity contribution is 14.1. The van der Waals surface area contributed by atoms with Gasteiger partial charge in [-0.3, -0.25) is 0 Å². The Morgan fingerprint density at radius 1 is 1.41 bits per heavy atom. The number of aromatic nitrogens is 1. The Balaban J connectivity index is 2.41. The average molecular weight is 364 g/mol. The summed E-state index contributed by atoms with van der Waals surface area (Å²) in [6, 6.07) is 5.52. The molecule has 17 heavy (non-hydrogen) atoms. The van der Waals surface area contributed by atoms with E-state index < -0.39 is 0 Å². The van der Waals surface area contributed by atoms with Gasteiger partial charge in [0, 0.05) is 14.5 Å². The molecule has 0 aliphatic rings. The Morgan fingerprint density at radius 2 is 2.12 bits per heavy atom. The van der Waals surface area contributed by atoms with E-state index in [0.717, 1.165) is 14.5 Å². The number of ether oxygens (including phenoxy) is 1. The normalized spacial score (nSPS) is 11.1. The molecule has 0 spiro atoms. The lowest BCUT2D eigenvalue weighted by Gasteiger charge is -2.05. The third-order valence-electron chi connectivity index (χ3n) is 2.22. The largest absolute Gasteiger partial charge is 0.458 e. The molecule has 0 saturated carbocycles. The summed E-state index contributed by atoms with van der Waals surface area (Å²) in [6.07, 6.45) is -0.127. The van der Waals surface area contributed by atoms with E-state index in [4.69, 9.17) is 16.3 Å². The fourth-order valence-electron chi connectivity index (χ4n) is 1.51. The quantitative estimate of drug-likeness (QED) is 0.647. The van der Waals surface area contributed by atoms with Crippen LogP contribution in [0, 0.1) is 3.57 Å². The van der Waals surface area contributed by atoms with E-state index in [2.05, 4.69) is 27.6 Å². The van der Waals surface area contributed by atoms with Crippen LogP contribution in [0.1, 0.15) is 24.3 Å². The highest BCUT2D eigenvalue weighted by Crippen LogP contribution is 2.25. The van der Waals surface area contributed by atoms with E-state index >= 15 is 0 Å². The van der Waals surface area contributed by atoms with E-state index in [9.17, 15) is 4.79 Å². The number of esters is 1. The van der Waals surface area contributed by atoms with Crippen molar-refractivity contribution in [3.05, 3.63) is 32.5 Å². The second kappa shape index (κ2) is 4.86. The van der Waals surface area contributed by atoms with Crippen LogP contribution >= 0.6 is 34.2 Å². The lowest BCUT2D eigenvalue weighted by Crippen LogP contribution is -2.11. The van der Waals surface area contributed by atoms with Gasteiger partial charge in [-0.15, -0.1) is 0 Å². The lowest BCUT2D eigenvalue weighted by atomic mass is 10.2. The van der Waals surface area contributed by atoms with E-state index in [1.165, 1.54) is 0 Å². The van der Waals surface area contributed by atoms with Crippen LogP contribution in [-0.2, 0) is 4.74 Å². The van der Waals surface area contributed by atoms with E-state index in [0.29, 0.717) is 10.7 Å². The van der Waals surface area contributed by atoms with Crippen LogP contribution in [0.5, 0.6) is 0 Å². The summed E-state index contributed by atoms with van der Waals surface area (Å²) in [5.74, 6) is -0.345. The van der Waals surface area contributed by atoms with E-state index in [1.54, 1.807) is 6.07 Å². The third kappa shape index (κ3) is 2.74. The number of carbonyl (C=O) groups is 1. The molecule has 0 bridgehead atoms. The summed E-state index contributed by atoms with van der Waals surface area (Å²) in [5, 5.41) is 1.62. The number of rotatable bonds is 2. The van der Waals surface area contributed by atoms with Gasteiger partial charge in [0.25, 0.3) is 0 Å². The highest BCUT2D eigenvalue weighted by Gasteiger charge is 2.13. The second-order valence-electron chi connectivity index (χ2n) is 3.99. The zero-order chi connectivity index (χ0) is 12.6. The Kier molecular flexibility index (Phi) is 3.63. The Labute approximate surface area is 118 Å². The van der Waals surface area contributed by atoms with Crippen molar-refractivity contribution in [1.82, 2.24) is 4.98 Å². The number of hydrogen-bond acceptors (Lipinski definition) is 2. The molecular formula is C12H11ClINO2. The Bertz CT molecular complexity index is 538. The van der Waals surface area contributed by atoms with Crippen LogP contribution < -0.4 is 0 Å². The standard InChI is InChI=1S/C12H11ClINO2/c1-6(2)17-12(16)11-4-7-3-9(14)8(13)5-10(7)15-11/h3-6,15H,1-2H3. The van der Waals surface area contributed by atoms with Gasteiger partial charge in [-0.2, -0.15) is 0 Å². The molecule has 0 fully saturated rings. The fraction of sp³-hybridized carbons (Fsp3) is 0.250. The molecule has 0 aliphatic heterocycles. The van der Waals surface area contributed by atoms with Gasteiger partial charge < -0.3 is 9.72 Å². The van der Waals surface area contributed by atoms with Gasteiger partial charge in [-0.25, -0.2) is 4.79 Å². The monoisotopic (exact) mass is 363 g/mol. The van der Waals surface area contributed by atoms with Crippen molar-refractivity contribution in [2.75, 3.05) is 0 Å². The lowest BCUT2D eigenvalue weighted by molar-refractivity contribution is 0.0372. The average Bonchev–Trinajstić information content (AvgIpc) is 2.60. The summed E-state index contributed by atoms with van der Waals surface area (Å²) >= 11 is 8.17. The maximum absolute atomic E-state index is 11.7. The molecule has 2 aromatic rings. The minimum atomic E-state index is -0.345. The van der Waals surface area contributed by atoms with Crippen molar-refractivity contribution in [1.29, 1.82) is 0 Å². The number of fused-ring (bicyclic) bond motifs is 1. The maximum Gasteiger partial charge on any atom is 0.355 e. The summed E-state index contributed by atoms with van der Waals surface area (Å²) in [5.41, 5.74) is 1.29. The van der Waals surface area contributed by atoms with Crippen LogP contribution in [0.25, 0.3) is 10.9 Å². The van der Waals surface area contributed by atoms with Gasteiger partial charge in [-0.05, 0) is 54.6 Å². The van der Waals surface area contributed by atoms with Gasteiger partial charge in [0.15, 0.2) is 0 Å². The molecule has 0 aliphatic carbocycles. The molecule has 90 valence electrons. The Hall–Kier alpha value is -0.750. The van der Waals surface area contributed by atoms with Gasteiger partial charge >= 0.3 is 5.97 Å². The maximum atomic E-state index is 11.7. The van der Waals surface area contributed by atoms with Crippen molar-refractivity contribution in [3.8, 4) is 0 Å². The number of benzene rings is 1. The van der Waals surface area contributed by atoms with Crippen molar-refractivity contribution in [2.45, 2.75) is 20.0 Å². The predicted molar refractivity (Wildman–Crippen MR) is 76.6 cm³/mol. The summed E-state index contributed by atoms with van der Waals surface area (Å²) < 4.78 is 6.08. The molecule has 0 amide bonds. The second-order valence-corrected chi connectivity index (χ2v) is 5.56. The molecular weight excluding hydrogens is 352 g/mol. The van der Waals surface area contributed by atoms with Crippen LogP contribution in [-0.4, -0.2) is 17.1 Å². The van der Waals surface area contributed by atoms with Crippen LogP contribution in [0.15, 0.2) is 18.2 Å². The van der Waals surface area contributed by atoms with Crippen molar-refractivity contribution in [2.24, 2.45) is 0 Å². The SMILES string of the molecule is CC(C)OC(=O)c1cc2cc(I)c(Cl)cc2[nH]1. The molecule has 0 radical (unpaired) electrons. The molecule has 2 rings (SSSR count). The molecule has 3 nitrogen and oxygen atoms in total. The molecule has 1 heterocycles. The predicted octanol–water partition coefficient (Wildman–Crippen LogP) is 3.99. The first-order valence-corrected chi connectivity index (χ1v) is 6.62. The van der Waals surface area contributed by atoms with E-state index in [-0.39, 0.29) is 12.1 Å². The highest BCUT2D eigenvalue weighted by atomic mass is 127. The topological polar surface area (TPSA) is 42.1 Å². The van der Waals surface area contributed by atoms with Crippen LogP contribution in [0.3, 0.4) is 0 Å². The first kappa shape index (κ1) is 12.7. The molecule has 5 heteroatoms. The number of hydrogen-bond donors (Lipinski definition) is 1. The van der Waals surface area contributed by atoms with Crippen LogP contribution in [0.4, 0.5) is 0 Å². The summed E-state index contributed by atoms with van der Waals surface area (Å²) in [6.45, 7) is 3.64. The zero-order valence-electron chi connectivity index (χ0n) is 9.38. The minimum absolute atomic E-state index is 0.127. The number of carbonyl (C=O) groups excluding carboxylic acids is 1. The number of H-pyrrole nitrogens is 1. The molecule has 0 saturated heterocycles. The third-order valence-corrected chi connectivity index (χ3v) is 3.75. The summed E-state index contributed by atoms with van der Waals surface area (Å²) in [7, 11) is 0. The number of halogens is 2. The molecule has 0 atom stereocenters. The van der Waals surface area contributed by atoms with Gasteiger partial charge in [-0.1, -0.05) is 11.6 Å². The number of nitrogens with one attached hydrogen (secondary N) is 1. The fourth-order valence-corrected chi connectivity index (χ4v) is 2.17. The zero-order valence-corrected chi connectivity index (χ0v) is 12.3. The first-order valence-electron chi connectivity index (χ1n) is 5.16. The molecule has 0 unspecified atom stereocenters. The smallest absolute Gasteiger partial charge is 0.355 e. The van der Waals surface area contributed by atoms with Gasteiger partial charge in [0.2, 0.25) is 0 Å². The van der Waals surface area contributed by atoms with Crippen molar-refractivity contribution >= 4 is 51.1 Å². The van der Waals surface area contributed by atoms with Gasteiger partial charge in [0.1, 0.15) is 5.69 Å². The van der Waals surface area contributed by atoms with Gasteiger partial charge in [0.05, 0.1) is 11.1 Å². The van der Waals surface area contributed by atoms with E-state index in [1.807, 2.05) is 26.0 Å². The first-order chi connectivity index (χ1) is 7.97. The summed E-state index contributed by atoms with van der Waals surface area (Å²) in [4.78, 5) is 14.7.